The quantitative estimate of drug-likeness (QED) is 0.0804. The van der Waals surface area contributed by atoms with Crippen molar-refractivity contribution in [3.05, 3.63) is 53.3 Å². The third kappa shape index (κ3) is 17.4. The largest absolute Gasteiger partial charge is 0.490 e. The van der Waals surface area contributed by atoms with Crippen LogP contribution in [0.3, 0.4) is 0 Å². The number of pyridine rings is 1. The molecule has 1 amide bonds. The van der Waals surface area contributed by atoms with Crippen LogP contribution in [0.15, 0.2) is 41.5 Å². The number of carboxylic acids is 3. The van der Waals surface area contributed by atoms with E-state index >= 15 is 0 Å². The number of aryl methyl sites for hydroxylation is 2. The van der Waals surface area contributed by atoms with Gasteiger partial charge in [0, 0.05) is 11.6 Å². The number of benzene rings is 1. The normalized spacial score (nSPS) is 15.3. The number of carbonyl (C=O) groups excluding carboxylic acids is 1. The maximum atomic E-state index is 12.9. The van der Waals surface area contributed by atoms with Gasteiger partial charge in [0.2, 0.25) is 5.95 Å². The Morgan fingerprint density at radius 2 is 1.38 bits per heavy atom. The number of aliphatic carboxylic acids is 3. The van der Waals surface area contributed by atoms with Gasteiger partial charge in [-0.3, -0.25) is 15.1 Å². The van der Waals surface area contributed by atoms with Crippen LogP contribution in [0, 0.1) is 6.92 Å². The Hall–Kier alpha value is -5.97. The molecule has 0 radical (unpaired) electrons. The number of nitrogens with one attached hydrogen (secondary N) is 2. The smallest absolute Gasteiger partial charge is 0.475 e. The fourth-order valence-corrected chi connectivity index (χ4v) is 4.46. The van der Waals surface area contributed by atoms with Crippen LogP contribution in [-0.2, 0) is 20.8 Å². The molecule has 0 aliphatic heterocycles. The number of hydrogen-bond acceptors (Lipinski definition) is 9. The molecule has 310 valence electrons. The number of aromatic nitrogens is 3. The highest BCUT2D eigenvalue weighted by molar-refractivity contribution is 6.02. The van der Waals surface area contributed by atoms with E-state index in [2.05, 4.69) is 37.5 Å². The van der Waals surface area contributed by atoms with Crippen molar-refractivity contribution in [1.82, 2.24) is 15.0 Å². The highest BCUT2D eigenvalue weighted by atomic mass is 19.4. The van der Waals surface area contributed by atoms with Crippen molar-refractivity contribution >= 4 is 52.4 Å². The predicted molar refractivity (Wildman–Crippen MR) is 182 cm³/mol. The second-order valence-corrected chi connectivity index (χ2v) is 11.6. The van der Waals surface area contributed by atoms with Crippen LogP contribution in [0.4, 0.5) is 51.3 Å². The average molecular weight is 817 g/mol. The van der Waals surface area contributed by atoms with Gasteiger partial charge in [-0.05, 0) is 56.4 Å². The van der Waals surface area contributed by atoms with Crippen LogP contribution in [0.25, 0.3) is 10.9 Å². The van der Waals surface area contributed by atoms with E-state index in [4.69, 9.17) is 41.2 Å². The molecular weight excluding hydrogens is 779 g/mol. The molecule has 4 rings (SSSR count). The molecule has 24 heteroatoms. The van der Waals surface area contributed by atoms with E-state index in [0.717, 1.165) is 67.0 Å². The Labute approximate surface area is 311 Å². The Balaban J connectivity index is 0.000000610. The van der Waals surface area contributed by atoms with Gasteiger partial charge < -0.3 is 32.1 Å². The molecule has 1 aromatic carbocycles. The number of guanidine groups is 1. The van der Waals surface area contributed by atoms with Gasteiger partial charge in [-0.25, -0.2) is 24.4 Å². The number of amides is 1. The van der Waals surface area contributed by atoms with Gasteiger partial charge in [-0.15, -0.1) is 0 Å². The summed E-state index contributed by atoms with van der Waals surface area (Å²) >= 11 is 0. The van der Waals surface area contributed by atoms with Crippen LogP contribution < -0.4 is 22.1 Å². The van der Waals surface area contributed by atoms with E-state index in [9.17, 15) is 44.3 Å². The SMILES string of the molecule is CCCCc1ccc(C(=O)Nc2nc(NC3CCCCC3N=C(N)N)c3cc(C)ccc3n2)nc1.O=C(O)C(F)(F)F.O=C(O)C(F)(F)F.O=C(O)C(F)(F)F. The van der Waals surface area contributed by atoms with E-state index in [1.807, 2.05) is 31.2 Å². The Morgan fingerprint density at radius 3 is 1.84 bits per heavy atom. The number of anilines is 2. The number of nitrogens with zero attached hydrogens (tertiary/aromatic N) is 4. The number of rotatable bonds is 8. The first-order chi connectivity index (χ1) is 25.8. The summed E-state index contributed by atoms with van der Waals surface area (Å²) in [5.74, 6) is -7.65. The van der Waals surface area contributed by atoms with Crippen LogP contribution in [0.5, 0.6) is 0 Å². The van der Waals surface area contributed by atoms with Crippen LogP contribution in [0.1, 0.15) is 67.1 Å². The lowest BCUT2D eigenvalue weighted by atomic mass is 9.90. The standard InChI is InChI=1S/C26H34N8O.3C2HF3O2/c1-3-4-7-17-11-13-22(29-15-17)24(35)34-26-32-19-12-10-16(2)14-18(19)23(33-26)30-20-8-5-6-9-21(20)31-25(27)28;3*3-2(4,5)1(6)7/h10-15,20-21H,3-9H2,1-2H3,(H4,27,28,31)(H2,30,32,33,34,35);3*(H,6,7). The molecule has 0 saturated heterocycles. The van der Waals surface area contributed by atoms with E-state index < -0.39 is 36.4 Å². The fourth-order valence-electron chi connectivity index (χ4n) is 4.46. The minimum Gasteiger partial charge on any atom is -0.475 e. The Bertz CT molecular complexity index is 1760. The minimum atomic E-state index is -5.08. The summed E-state index contributed by atoms with van der Waals surface area (Å²) in [5, 5.41) is 28.6. The van der Waals surface area contributed by atoms with Gasteiger partial charge in [0.05, 0.1) is 17.6 Å². The van der Waals surface area contributed by atoms with Crippen molar-refractivity contribution in [3.8, 4) is 0 Å². The lowest BCUT2D eigenvalue weighted by Crippen LogP contribution is -2.38. The predicted octanol–water partition coefficient (Wildman–Crippen LogP) is 5.82. The Kier molecular flexibility index (Phi) is 18.2. The highest BCUT2D eigenvalue weighted by Crippen LogP contribution is 2.29. The summed E-state index contributed by atoms with van der Waals surface area (Å²) in [7, 11) is 0. The molecule has 3 aromatic rings. The average Bonchev–Trinajstić information content (AvgIpc) is 3.08. The van der Waals surface area contributed by atoms with Gasteiger partial charge in [0.25, 0.3) is 5.91 Å². The number of alkyl halides is 9. The highest BCUT2D eigenvalue weighted by Gasteiger charge is 2.39. The summed E-state index contributed by atoms with van der Waals surface area (Å²) in [6, 6.07) is 9.65. The summed E-state index contributed by atoms with van der Waals surface area (Å²) in [5.41, 5.74) is 14.6. The zero-order valence-corrected chi connectivity index (χ0v) is 29.4. The second kappa shape index (κ2) is 21.2. The van der Waals surface area contributed by atoms with Crippen molar-refractivity contribution < 1.29 is 74.0 Å². The number of carbonyl (C=O) groups is 4. The topological polar surface area (TPSA) is 256 Å². The molecule has 2 atom stereocenters. The summed E-state index contributed by atoms with van der Waals surface area (Å²) in [6.45, 7) is 4.18. The summed E-state index contributed by atoms with van der Waals surface area (Å²) < 4.78 is 95.2. The maximum absolute atomic E-state index is 12.9. The van der Waals surface area contributed by atoms with Crippen molar-refractivity contribution in [1.29, 1.82) is 0 Å². The monoisotopic (exact) mass is 816 g/mol. The van der Waals surface area contributed by atoms with Crippen molar-refractivity contribution in [2.24, 2.45) is 16.5 Å². The number of fused-ring (bicyclic) bond motifs is 1. The molecule has 1 aliphatic rings. The van der Waals surface area contributed by atoms with Gasteiger partial charge in [0.15, 0.2) is 5.96 Å². The lowest BCUT2D eigenvalue weighted by Gasteiger charge is -2.30. The second-order valence-electron chi connectivity index (χ2n) is 11.6. The molecule has 2 unspecified atom stereocenters. The molecule has 1 aliphatic carbocycles. The molecule has 0 spiro atoms. The van der Waals surface area contributed by atoms with E-state index in [1.54, 1.807) is 12.3 Å². The molecular formula is C32H37F9N8O7. The van der Waals surface area contributed by atoms with E-state index in [-0.39, 0.29) is 29.9 Å². The number of nitrogens with two attached hydrogens (primary N) is 2. The number of aliphatic imine (C=N–C) groups is 1. The zero-order chi connectivity index (χ0) is 43.0. The summed E-state index contributed by atoms with van der Waals surface area (Å²) in [6.07, 6.45) is -6.34. The van der Waals surface area contributed by atoms with E-state index in [0.29, 0.717) is 11.5 Å². The number of halogens is 9. The van der Waals surface area contributed by atoms with Gasteiger partial charge in [-0.1, -0.05) is 43.9 Å². The number of unbranched alkanes of at least 4 members (excludes halogenated alkanes) is 1. The van der Waals surface area contributed by atoms with Crippen LogP contribution in [0.2, 0.25) is 0 Å². The minimum absolute atomic E-state index is 0.0305. The third-order valence-corrected chi connectivity index (χ3v) is 7.05. The molecule has 0 bridgehead atoms. The van der Waals surface area contributed by atoms with E-state index in [1.165, 1.54) is 0 Å². The van der Waals surface area contributed by atoms with Gasteiger partial charge >= 0.3 is 36.4 Å². The zero-order valence-electron chi connectivity index (χ0n) is 29.4. The molecule has 1 saturated carbocycles. The number of hydrogen-bond donors (Lipinski definition) is 7. The van der Waals surface area contributed by atoms with Crippen LogP contribution >= 0.6 is 0 Å². The van der Waals surface area contributed by atoms with Crippen LogP contribution in [-0.4, -0.2) is 90.7 Å². The number of carboxylic acid groups (broad SMARTS) is 3. The first kappa shape index (κ1) is 48.0. The maximum Gasteiger partial charge on any atom is 0.490 e. The van der Waals surface area contributed by atoms with Crippen molar-refractivity contribution in [3.63, 3.8) is 0 Å². The molecule has 9 N–H and O–H groups in total. The van der Waals surface area contributed by atoms with Crippen molar-refractivity contribution in [2.45, 2.75) is 89.4 Å². The van der Waals surface area contributed by atoms with Gasteiger partial charge in [0.1, 0.15) is 11.5 Å². The lowest BCUT2D eigenvalue weighted by molar-refractivity contribution is -0.193. The first-order valence-corrected chi connectivity index (χ1v) is 16.1. The molecule has 1 fully saturated rings. The molecule has 56 heavy (non-hydrogen) atoms. The fraction of sp³-hybridized carbons (Fsp3) is 0.438. The Morgan fingerprint density at radius 1 is 0.839 bits per heavy atom. The molecule has 15 nitrogen and oxygen atoms in total. The summed E-state index contributed by atoms with van der Waals surface area (Å²) in [4.78, 5) is 57.6. The first-order valence-electron chi connectivity index (χ1n) is 16.1. The molecule has 2 heterocycles. The van der Waals surface area contributed by atoms with Crippen molar-refractivity contribution in [2.75, 3.05) is 10.6 Å². The molecule has 2 aromatic heterocycles. The van der Waals surface area contributed by atoms with Gasteiger partial charge in [-0.2, -0.15) is 44.5 Å². The third-order valence-electron chi connectivity index (χ3n) is 7.05.